The maximum absolute atomic E-state index is 15.4. The van der Waals surface area contributed by atoms with Crippen molar-refractivity contribution in [2.75, 3.05) is 0 Å². The van der Waals surface area contributed by atoms with E-state index in [2.05, 4.69) is 79.7 Å². The van der Waals surface area contributed by atoms with Crippen LogP contribution in [-0.2, 0) is 10.8 Å². The second kappa shape index (κ2) is 9.55. The molecule has 6 rings (SSSR count). The zero-order valence-corrected chi connectivity index (χ0v) is 26.9. The van der Waals surface area contributed by atoms with E-state index in [-0.39, 0.29) is 22.3 Å². The number of aryl methyl sites for hydroxylation is 2. The number of fused-ring (bicyclic) bond motifs is 3. The van der Waals surface area contributed by atoms with Gasteiger partial charge in [0, 0.05) is 0 Å². The van der Waals surface area contributed by atoms with E-state index in [1.54, 1.807) is 36.0 Å². The van der Waals surface area contributed by atoms with Crippen LogP contribution >= 0.6 is 19.5 Å². The van der Waals surface area contributed by atoms with Crippen molar-refractivity contribution >= 4 is 19.5 Å². The molecule has 220 valence electrons. The average molecular weight is 607 g/mol. The molecule has 0 bridgehead atoms. The monoisotopic (exact) mass is 606 g/mol. The molecule has 0 saturated carbocycles. The summed E-state index contributed by atoms with van der Waals surface area (Å²) in [4.78, 5) is 1.72. The van der Waals surface area contributed by atoms with Gasteiger partial charge in [-0.3, -0.25) is 0 Å². The van der Waals surface area contributed by atoms with E-state index in [0.717, 1.165) is 32.0 Å². The first-order valence-corrected chi connectivity index (χ1v) is 16.6. The SMILES string of the molecule is Cc1cc2c(c(C(C)(C)C)c1)OP1(Oc3ccccc3)(Oc3cccc(F)c3O1)Oc1c(cc(C)cc1C(C)(C)C)S2. The number of hydrogen-bond donors (Lipinski definition) is 0. The van der Waals surface area contributed by atoms with Crippen LogP contribution in [0.2, 0.25) is 0 Å². The minimum absolute atomic E-state index is 0.115. The van der Waals surface area contributed by atoms with Crippen molar-refractivity contribution in [1.29, 1.82) is 0 Å². The molecule has 0 N–H and O–H groups in total. The second-order valence-electron chi connectivity index (χ2n) is 13.0. The van der Waals surface area contributed by atoms with E-state index in [0.29, 0.717) is 17.2 Å². The Morgan fingerprint density at radius 1 is 0.643 bits per heavy atom. The van der Waals surface area contributed by atoms with E-state index in [1.165, 1.54) is 6.07 Å². The third kappa shape index (κ3) is 4.97. The standard InChI is InChI=1S/C34H36FO5PS/c1-21-17-24(33(3,4)5)30-28(19-21)42-29-20-22(2)18-25(34(6,7)8)31(29)39-41(38-30,36-23-13-10-9-11-14-23)37-27-16-12-15-26(35)32(27)40-41/h9-20H,1-8H3. The van der Waals surface area contributed by atoms with Crippen molar-refractivity contribution in [2.24, 2.45) is 0 Å². The Morgan fingerprint density at radius 3 is 1.67 bits per heavy atom. The van der Waals surface area contributed by atoms with Gasteiger partial charge in [-0.1, -0.05) is 0 Å². The molecular formula is C34H36FO5PS. The Hall–Kier alpha value is -3.41. The number of halogens is 1. The summed E-state index contributed by atoms with van der Waals surface area (Å²) in [5.74, 6) is 0.863. The fourth-order valence-electron chi connectivity index (χ4n) is 5.15. The molecule has 2 aliphatic rings. The number of rotatable bonds is 2. The number of para-hydroxylation sites is 2. The molecule has 0 fully saturated rings. The normalized spacial score (nSPS) is 17.4. The molecular weight excluding hydrogens is 570 g/mol. The van der Waals surface area contributed by atoms with Gasteiger partial charge in [-0.25, -0.2) is 0 Å². The summed E-state index contributed by atoms with van der Waals surface area (Å²) in [6, 6.07) is 22.0. The predicted octanol–water partition coefficient (Wildman–Crippen LogP) is 10.6. The van der Waals surface area contributed by atoms with Gasteiger partial charge in [0.15, 0.2) is 0 Å². The van der Waals surface area contributed by atoms with Crippen LogP contribution in [0.4, 0.5) is 4.39 Å². The molecule has 0 unspecified atom stereocenters. The maximum atomic E-state index is 15.4. The quantitative estimate of drug-likeness (QED) is 0.212. The van der Waals surface area contributed by atoms with Crippen LogP contribution in [-0.4, -0.2) is 0 Å². The van der Waals surface area contributed by atoms with Gasteiger partial charge >= 0.3 is 252 Å². The van der Waals surface area contributed by atoms with Crippen molar-refractivity contribution < 1.29 is 27.0 Å². The predicted molar refractivity (Wildman–Crippen MR) is 167 cm³/mol. The summed E-state index contributed by atoms with van der Waals surface area (Å²) in [5.41, 5.74) is 3.34. The molecule has 0 aromatic heterocycles. The molecule has 2 heterocycles. The zero-order valence-electron chi connectivity index (χ0n) is 25.2. The Morgan fingerprint density at radius 2 is 1.17 bits per heavy atom. The zero-order chi connectivity index (χ0) is 30.1. The van der Waals surface area contributed by atoms with Gasteiger partial charge in [0.1, 0.15) is 0 Å². The first-order chi connectivity index (χ1) is 19.6. The van der Waals surface area contributed by atoms with Crippen LogP contribution in [0, 0.1) is 19.7 Å². The molecule has 5 nitrogen and oxygen atoms in total. The van der Waals surface area contributed by atoms with Crippen molar-refractivity contribution in [1.82, 2.24) is 0 Å². The molecule has 0 saturated heterocycles. The first-order valence-electron chi connectivity index (χ1n) is 14.0. The van der Waals surface area contributed by atoms with Gasteiger partial charge in [0.2, 0.25) is 0 Å². The van der Waals surface area contributed by atoms with Crippen molar-refractivity contribution in [2.45, 2.75) is 76.0 Å². The Bertz CT molecular complexity index is 1640. The van der Waals surface area contributed by atoms with E-state index in [9.17, 15) is 0 Å². The third-order valence-corrected chi connectivity index (χ3v) is 10.6. The molecule has 0 atom stereocenters. The fraction of sp³-hybridized carbons (Fsp3) is 0.294. The fourth-order valence-corrected chi connectivity index (χ4v) is 9.26. The van der Waals surface area contributed by atoms with Gasteiger partial charge < -0.3 is 0 Å². The summed E-state index contributed by atoms with van der Waals surface area (Å²) >= 11 is 1.57. The van der Waals surface area contributed by atoms with Gasteiger partial charge in [0.25, 0.3) is 0 Å². The molecule has 0 amide bonds. The van der Waals surface area contributed by atoms with E-state index < -0.39 is 13.6 Å². The van der Waals surface area contributed by atoms with Crippen molar-refractivity contribution in [3.63, 3.8) is 0 Å². The number of benzene rings is 4. The molecule has 0 aliphatic carbocycles. The van der Waals surface area contributed by atoms with Crippen LogP contribution in [0.1, 0.15) is 63.8 Å². The second-order valence-corrected chi connectivity index (χ2v) is 16.5. The van der Waals surface area contributed by atoms with E-state index in [1.807, 2.05) is 18.2 Å². The van der Waals surface area contributed by atoms with Gasteiger partial charge in [0.05, 0.1) is 0 Å². The van der Waals surface area contributed by atoms with Crippen molar-refractivity contribution in [3.05, 3.63) is 101 Å². The van der Waals surface area contributed by atoms with Crippen LogP contribution in [0.25, 0.3) is 0 Å². The first kappa shape index (κ1) is 28.7. The molecule has 8 heteroatoms. The molecule has 2 aliphatic heterocycles. The average Bonchev–Trinajstić information content (AvgIpc) is 3.21. The molecule has 4 aromatic carbocycles. The topological polar surface area (TPSA) is 46.2 Å². The minimum atomic E-state index is -5.27. The van der Waals surface area contributed by atoms with E-state index >= 15 is 4.39 Å². The molecule has 1 spiro atoms. The summed E-state index contributed by atoms with van der Waals surface area (Å²) < 4.78 is 49.4. The molecule has 42 heavy (non-hydrogen) atoms. The van der Waals surface area contributed by atoms with Gasteiger partial charge in [-0.2, -0.15) is 0 Å². The van der Waals surface area contributed by atoms with Crippen molar-refractivity contribution in [3.8, 4) is 28.7 Å². The third-order valence-electron chi connectivity index (χ3n) is 7.13. The van der Waals surface area contributed by atoms with Gasteiger partial charge in [-0.05, 0) is 0 Å². The summed E-state index contributed by atoms with van der Waals surface area (Å²) in [7, 11) is -5.27. The molecule has 0 radical (unpaired) electrons. The molecule has 4 aromatic rings. The van der Waals surface area contributed by atoms with Crippen LogP contribution in [0.15, 0.2) is 82.6 Å². The Balaban J connectivity index is 1.74. The summed E-state index contributed by atoms with van der Waals surface area (Å²) in [5, 5.41) is 0. The Kier molecular flexibility index (Phi) is 6.53. The van der Waals surface area contributed by atoms with Crippen LogP contribution < -0.4 is 22.6 Å². The van der Waals surface area contributed by atoms with Crippen LogP contribution in [0.5, 0.6) is 28.7 Å². The van der Waals surface area contributed by atoms with Gasteiger partial charge in [-0.15, -0.1) is 0 Å². The van der Waals surface area contributed by atoms with E-state index in [4.69, 9.17) is 22.6 Å². The van der Waals surface area contributed by atoms with Crippen LogP contribution in [0.3, 0.4) is 0 Å². The summed E-state index contributed by atoms with van der Waals surface area (Å²) in [6.07, 6.45) is 0. The Labute approximate surface area is 251 Å². The number of hydrogen-bond acceptors (Lipinski definition) is 6. The summed E-state index contributed by atoms with van der Waals surface area (Å²) in [6.45, 7) is 16.9.